The maximum Gasteiger partial charge on any atom is 0.0923 e. The Kier molecular flexibility index (Phi) is 3.27. The van der Waals surface area contributed by atoms with Gasteiger partial charge in [-0.15, -0.1) is 0 Å². The zero-order valence-electron chi connectivity index (χ0n) is 9.37. The first-order chi connectivity index (χ1) is 7.70. The van der Waals surface area contributed by atoms with Crippen molar-refractivity contribution in [3.8, 4) is 11.3 Å². The minimum absolute atomic E-state index is 0.775. The SMILES string of the molecule is CNCc1ccc(-c2ccn(C)n2)cc1Cl. The van der Waals surface area contributed by atoms with Gasteiger partial charge in [0.1, 0.15) is 0 Å². The number of aromatic nitrogens is 2. The number of nitrogens with one attached hydrogen (secondary N) is 1. The van der Waals surface area contributed by atoms with Gasteiger partial charge in [0, 0.05) is 30.4 Å². The summed E-state index contributed by atoms with van der Waals surface area (Å²) in [6.45, 7) is 0.779. The molecular formula is C12H14ClN3. The van der Waals surface area contributed by atoms with E-state index in [0.29, 0.717) is 0 Å². The van der Waals surface area contributed by atoms with Gasteiger partial charge in [0.2, 0.25) is 0 Å². The molecule has 0 saturated carbocycles. The monoisotopic (exact) mass is 235 g/mol. The average Bonchev–Trinajstić information content (AvgIpc) is 2.68. The van der Waals surface area contributed by atoms with Crippen LogP contribution in [-0.2, 0) is 13.6 Å². The van der Waals surface area contributed by atoms with Crippen molar-refractivity contribution in [2.75, 3.05) is 7.05 Å². The third-order valence-corrected chi connectivity index (χ3v) is 2.78. The summed E-state index contributed by atoms with van der Waals surface area (Å²) in [4.78, 5) is 0. The molecule has 84 valence electrons. The highest BCUT2D eigenvalue weighted by Gasteiger charge is 2.05. The molecule has 0 spiro atoms. The molecule has 2 rings (SSSR count). The third kappa shape index (κ3) is 2.26. The summed E-state index contributed by atoms with van der Waals surface area (Å²) in [6.07, 6.45) is 1.92. The Morgan fingerprint density at radius 2 is 2.19 bits per heavy atom. The van der Waals surface area contributed by atoms with Crippen molar-refractivity contribution in [3.05, 3.63) is 41.0 Å². The molecule has 0 aliphatic rings. The highest BCUT2D eigenvalue weighted by molar-refractivity contribution is 6.31. The van der Waals surface area contributed by atoms with E-state index in [4.69, 9.17) is 11.6 Å². The van der Waals surface area contributed by atoms with Gasteiger partial charge in [0.15, 0.2) is 0 Å². The molecule has 2 aromatic rings. The maximum atomic E-state index is 6.19. The van der Waals surface area contributed by atoms with Crippen LogP contribution in [0.4, 0.5) is 0 Å². The van der Waals surface area contributed by atoms with E-state index in [-0.39, 0.29) is 0 Å². The first-order valence-electron chi connectivity index (χ1n) is 5.14. The van der Waals surface area contributed by atoms with Crippen molar-refractivity contribution in [1.82, 2.24) is 15.1 Å². The number of nitrogens with zero attached hydrogens (tertiary/aromatic N) is 2. The number of hydrogen-bond donors (Lipinski definition) is 1. The molecule has 4 heteroatoms. The molecule has 0 aliphatic heterocycles. The molecule has 1 aromatic carbocycles. The van der Waals surface area contributed by atoms with E-state index in [1.54, 1.807) is 4.68 Å². The lowest BCUT2D eigenvalue weighted by Gasteiger charge is -2.05. The van der Waals surface area contributed by atoms with Gasteiger partial charge in [-0.1, -0.05) is 23.7 Å². The van der Waals surface area contributed by atoms with Gasteiger partial charge < -0.3 is 5.32 Å². The van der Waals surface area contributed by atoms with Crippen LogP contribution in [0.5, 0.6) is 0 Å². The molecule has 3 nitrogen and oxygen atoms in total. The molecule has 0 unspecified atom stereocenters. The Labute approximate surface area is 100 Å². The largest absolute Gasteiger partial charge is 0.316 e. The predicted octanol–water partition coefficient (Wildman–Crippen LogP) is 2.46. The maximum absolute atomic E-state index is 6.19. The van der Waals surface area contributed by atoms with Gasteiger partial charge in [0.05, 0.1) is 5.69 Å². The number of hydrogen-bond acceptors (Lipinski definition) is 2. The van der Waals surface area contributed by atoms with Crippen LogP contribution in [0.1, 0.15) is 5.56 Å². The Bertz CT molecular complexity index is 491. The first kappa shape index (κ1) is 11.2. The third-order valence-electron chi connectivity index (χ3n) is 2.43. The fourth-order valence-electron chi connectivity index (χ4n) is 1.61. The van der Waals surface area contributed by atoms with Crippen LogP contribution in [0.25, 0.3) is 11.3 Å². The summed E-state index contributed by atoms with van der Waals surface area (Å²) in [5.74, 6) is 0. The molecule has 1 heterocycles. The second-order valence-corrected chi connectivity index (χ2v) is 4.12. The molecule has 0 saturated heterocycles. The predicted molar refractivity (Wildman–Crippen MR) is 66.4 cm³/mol. The molecule has 0 amide bonds. The van der Waals surface area contributed by atoms with Crippen molar-refractivity contribution in [2.24, 2.45) is 7.05 Å². The van der Waals surface area contributed by atoms with Crippen LogP contribution >= 0.6 is 11.6 Å². The lowest BCUT2D eigenvalue weighted by atomic mass is 10.1. The van der Waals surface area contributed by atoms with Gasteiger partial charge in [-0.05, 0) is 24.7 Å². The second-order valence-electron chi connectivity index (χ2n) is 3.71. The van der Waals surface area contributed by atoms with Crippen LogP contribution in [-0.4, -0.2) is 16.8 Å². The molecule has 16 heavy (non-hydrogen) atoms. The fraction of sp³-hybridized carbons (Fsp3) is 0.250. The van der Waals surface area contributed by atoms with Crippen molar-refractivity contribution in [2.45, 2.75) is 6.54 Å². The molecular weight excluding hydrogens is 222 g/mol. The summed E-state index contributed by atoms with van der Waals surface area (Å²) >= 11 is 6.19. The van der Waals surface area contributed by atoms with Gasteiger partial charge >= 0.3 is 0 Å². The Balaban J connectivity index is 2.34. The molecule has 1 aromatic heterocycles. The van der Waals surface area contributed by atoms with Gasteiger partial charge in [-0.25, -0.2) is 0 Å². The van der Waals surface area contributed by atoms with E-state index in [1.807, 2.05) is 44.6 Å². The van der Waals surface area contributed by atoms with Crippen molar-refractivity contribution < 1.29 is 0 Å². The number of halogens is 1. The van der Waals surface area contributed by atoms with Crippen LogP contribution < -0.4 is 5.32 Å². The zero-order valence-corrected chi connectivity index (χ0v) is 10.1. The molecule has 0 radical (unpaired) electrons. The van der Waals surface area contributed by atoms with E-state index in [9.17, 15) is 0 Å². The minimum atomic E-state index is 0.775. The molecule has 0 bridgehead atoms. The Hall–Kier alpha value is -1.32. The van der Waals surface area contributed by atoms with Crippen molar-refractivity contribution >= 4 is 11.6 Å². The summed E-state index contributed by atoms with van der Waals surface area (Å²) in [5, 5.41) is 8.20. The van der Waals surface area contributed by atoms with Crippen LogP contribution in [0.3, 0.4) is 0 Å². The average molecular weight is 236 g/mol. The van der Waals surface area contributed by atoms with E-state index in [0.717, 1.165) is 28.4 Å². The molecule has 0 fully saturated rings. The van der Waals surface area contributed by atoms with Gasteiger partial charge in [-0.3, -0.25) is 4.68 Å². The molecule has 0 aliphatic carbocycles. The quantitative estimate of drug-likeness (QED) is 0.886. The van der Waals surface area contributed by atoms with Gasteiger partial charge in [0.25, 0.3) is 0 Å². The van der Waals surface area contributed by atoms with Crippen molar-refractivity contribution in [3.63, 3.8) is 0 Å². The lowest BCUT2D eigenvalue weighted by molar-refractivity contribution is 0.771. The van der Waals surface area contributed by atoms with Crippen LogP contribution in [0, 0.1) is 0 Å². The van der Waals surface area contributed by atoms with Crippen molar-refractivity contribution in [1.29, 1.82) is 0 Å². The van der Waals surface area contributed by atoms with E-state index >= 15 is 0 Å². The standard InChI is InChI=1S/C12H14ClN3/c1-14-8-10-4-3-9(7-11(10)13)12-5-6-16(2)15-12/h3-7,14H,8H2,1-2H3. The summed E-state index contributed by atoms with van der Waals surface area (Å²) in [5.41, 5.74) is 3.09. The summed E-state index contributed by atoms with van der Waals surface area (Å²) in [7, 11) is 3.81. The number of aryl methyl sites for hydroxylation is 1. The molecule has 0 atom stereocenters. The first-order valence-corrected chi connectivity index (χ1v) is 5.51. The highest BCUT2D eigenvalue weighted by atomic mass is 35.5. The van der Waals surface area contributed by atoms with E-state index in [1.165, 1.54) is 0 Å². The minimum Gasteiger partial charge on any atom is -0.316 e. The fourth-order valence-corrected chi connectivity index (χ4v) is 1.86. The van der Waals surface area contributed by atoms with Crippen LogP contribution in [0.15, 0.2) is 30.5 Å². The smallest absolute Gasteiger partial charge is 0.0923 e. The highest BCUT2D eigenvalue weighted by Crippen LogP contribution is 2.24. The second kappa shape index (κ2) is 4.68. The summed E-state index contributed by atoms with van der Waals surface area (Å²) < 4.78 is 1.78. The zero-order chi connectivity index (χ0) is 11.5. The molecule has 1 N–H and O–H groups in total. The normalized spacial score (nSPS) is 10.7. The Morgan fingerprint density at radius 3 is 2.75 bits per heavy atom. The van der Waals surface area contributed by atoms with Crippen LogP contribution in [0.2, 0.25) is 5.02 Å². The van der Waals surface area contributed by atoms with E-state index in [2.05, 4.69) is 10.4 Å². The number of rotatable bonds is 3. The van der Waals surface area contributed by atoms with E-state index < -0.39 is 0 Å². The Morgan fingerprint density at radius 1 is 1.38 bits per heavy atom. The van der Waals surface area contributed by atoms with Gasteiger partial charge in [-0.2, -0.15) is 5.10 Å². The topological polar surface area (TPSA) is 29.9 Å². The number of benzene rings is 1. The summed E-state index contributed by atoms with van der Waals surface area (Å²) in [6, 6.07) is 8.00. The lowest BCUT2D eigenvalue weighted by Crippen LogP contribution is -2.05.